The standard InChI is InChI=1S/C25H25N5O4/c1-6-15-7-9-16(10-8-15)19-14-29-21-22(27(2)25(32)28(3)23(21)31)26-24(29)30(19)18-13-17(33-4)11-12-20(18)34-5/h7-14H,6H2,1-5H3. The molecule has 9 nitrogen and oxygen atoms in total. The van der Waals surface area contributed by atoms with E-state index in [4.69, 9.17) is 14.5 Å². The number of nitrogens with zero attached hydrogens (tertiary/aromatic N) is 5. The zero-order valence-corrected chi connectivity index (χ0v) is 19.7. The van der Waals surface area contributed by atoms with Gasteiger partial charge in [-0.1, -0.05) is 31.2 Å². The summed E-state index contributed by atoms with van der Waals surface area (Å²) in [5, 5.41) is 0. The lowest BCUT2D eigenvalue weighted by Gasteiger charge is -2.14. The molecule has 0 amide bonds. The Bertz CT molecular complexity index is 1670. The Morgan fingerprint density at radius 3 is 2.32 bits per heavy atom. The summed E-state index contributed by atoms with van der Waals surface area (Å²) in [5.41, 5.74) is 3.48. The molecule has 0 aliphatic heterocycles. The molecule has 174 valence electrons. The van der Waals surface area contributed by atoms with E-state index in [-0.39, 0.29) is 0 Å². The van der Waals surface area contributed by atoms with Crippen LogP contribution in [0.1, 0.15) is 12.5 Å². The highest BCUT2D eigenvalue weighted by Gasteiger charge is 2.23. The number of aromatic nitrogens is 5. The molecular weight excluding hydrogens is 434 g/mol. The fraction of sp³-hybridized carbons (Fsp3) is 0.240. The first-order valence-electron chi connectivity index (χ1n) is 10.9. The molecule has 0 saturated carbocycles. The van der Waals surface area contributed by atoms with Gasteiger partial charge in [0.15, 0.2) is 11.2 Å². The smallest absolute Gasteiger partial charge is 0.332 e. The summed E-state index contributed by atoms with van der Waals surface area (Å²) in [4.78, 5) is 30.4. The lowest BCUT2D eigenvalue weighted by molar-refractivity contribution is 0.402. The maximum absolute atomic E-state index is 13.1. The molecule has 0 saturated heterocycles. The van der Waals surface area contributed by atoms with Crippen molar-refractivity contribution in [3.05, 3.63) is 75.1 Å². The van der Waals surface area contributed by atoms with Crippen LogP contribution in [-0.4, -0.2) is 37.3 Å². The molecule has 0 fully saturated rings. The molecule has 3 heterocycles. The van der Waals surface area contributed by atoms with Gasteiger partial charge in [0.1, 0.15) is 11.5 Å². The number of hydrogen-bond acceptors (Lipinski definition) is 5. The van der Waals surface area contributed by atoms with Gasteiger partial charge in [-0.2, -0.15) is 4.98 Å². The summed E-state index contributed by atoms with van der Waals surface area (Å²) in [7, 11) is 6.28. The summed E-state index contributed by atoms with van der Waals surface area (Å²) in [5.74, 6) is 1.74. The van der Waals surface area contributed by atoms with Crippen molar-refractivity contribution < 1.29 is 9.47 Å². The summed E-state index contributed by atoms with van der Waals surface area (Å²) >= 11 is 0. The van der Waals surface area contributed by atoms with Crippen LogP contribution in [0.25, 0.3) is 33.9 Å². The Labute approximate surface area is 195 Å². The molecule has 5 rings (SSSR count). The van der Waals surface area contributed by atoms with Crippen LogP contribution in [0.4, 0.5) is 0 Å². The first kappa shape index (κ1) is 21.6. The normalized spacial score (nSPS) is 11.4. The van der Waals surface area contributed by atoms with Crippen molar-refractivity contribution in [1.29, 1.82) is 0 Å². The van der Waals surface area contributed by atoms with Crippen LogP contribution >= 0.6 is 0 Å². The third-order valence-electron chi connectivity index (χ3n) is 6.25. The van der Waals surface area contributed by atoms with Gasteiger partial charge < -0.3 is 9.47 Å². The molecule has 9 heteroatoms. The number of ether oxygens (including phenoxy) is 2. The van der Waals surface area contributed by atoms with Crippen molar-refractivity contribution >= 4 is 16.9 Å². The van der Waals surface area contributed by atoms with Gasteiger partial charge >= 0.3 is 5.69 Å². The van der Waals surface area contributed by atoms with Crippen molar-refractivity contribution in [2.24, 2.45) is 14.1 Å². The van der Waals surface area contributed by atoms with E-state index in [1.54, 1.807) is 25.7 Å². The number of rotatable bonds is 5. The zero-order chi connectivity index (χ0) is 24.1. The van der Waals surface area contributed by atoms with Gasteiger partial charge in [-0.25, -0.2) is 4.79 Å². The first-order chi connectivity index (χ1) is 16.4. The van der Waals surface area contributed by atoms with E-state index in [1.807, 2.05) is 41.1 Å². The zero-order valence-electron chi connectivity index (χ0n) is 19.7. The van der Waals surface area contributed by atoms with Crippen molar-refractivity contribution in [2.45, 2.75) is 13.3 Å². The van der Waals surface area contributed by atoms with Crippen molar-refractivity contribution in [1.82, 2.24) is 23.1 Å². The Morgan fingerprint density at radius 1 is 0.941 bits per heavy atom. The molecule has 3 aromatic heterocycles. The topological polar surface area (TPSA) is 84.7 Å². The molecule has 0 N–H and O–H groups in total. The van der Waals surface area contributed by atoms with Crippen molar-refractivity contribution in [2.75, 3.05) is 14.2 Å². The van der Waals surface area contributed by atoms with Crippen LogP contribution in [0.5, 0.6) is 11.5 Å². The van der Waals surface area contributed by atoms with Gasteiger partial charge in [-0.3, -0.25) is 22.9 Å². The minimum absolute atomic E-state index is 0.312. The minimum Gasteiger partial charge on any atom is -0.497 e. The number of hydrogen-bond donors (Lipinski definition) is 0. The third kappa shape index (κ3) is 3.04. The number of aryl methyl sites for hydroxylation is 2. The largest absolute Gasteiger partial charge is 0.497 e. The third-order valence-corrected chi connectivity index (χ3v) is 6.25. The van der Waals surface area contributed by atoms with Gasteiger partial charge in [0.2, 0.25) is 5.78 Å². The molecule has 0 aliphatic rings. The molecule has 0 aliphatic carbocycles. The Kier molecular flexibility index (Phi) is 5.04. The van der Waals surface area contributed by atoms with Gasteiger partial charge in [0, 0.05) is 31.9 Å². The Balaban J connectivity index is 1.95. The molecular formula is C25H25N5O4. The van der Waals surface area contributed by atoms with Gasteiger partial charge in [-0.05, 0) is 24.1 Å². The number of methoxy groups -OCH3 is 2. The van der Waals surface area contributed by atoms with Crippen molar-refractivity contribution in [3.8, 4) is 28.4 Å². The van der Waals surface area contributed by atoms with Crippen LogP contribution < -0.4 is 20.7 Å². The lowest BCUT2D eigenvalue weighted by Crippen LogP contribution is -2.37. The summed E-state index contributed by atoms with van der Waals surface area (Å²) in [6.07, 6.45) is 2.80. The molecule has 0 bridgehead atoms. The highest BCUT2D eigenvalue weighted by molar-refractivity contribution is 5.80. The monoisotopic (exact) mass is 459 g/mol. The minimum atomic E-state index is -0.431. The number of fused-ring (bicyclic) bond motifs is 3. The van der Waals surface area contributed by atoms with E-state index in [0.717, 1.165) is 22.2 Å². The molecule has 2 aromatic carbocycles. The predicted molar refractivity (Wildman–Crippen MR) is 130 cm³/mol. The fourth-order valence-corrected chi connectivity index (χ4v) is 4.29. The van der Waals surface area contributed by atoms with E-state index in [1.165, 1.54) is 17.2 Å². The summed E-state index contributed by atoms with van der Waals surface area (Å²) in [6, 6.07) is 13.8. The summed E-state index contributed by atoms with van der Waals surface area (Å²) < 4.78 is 17.3. The molecule has 0 unspecified atom stereocenters. The first-order valence-corrected chi connectivity index (χ1v) is 10.9. The van der Waals surface area contributed by atoms with Crippen LogP contribution in [-0.2, 0) is 20.5 Å². The second-order valence-electron chi connectivity index (χ2n) is 8.10. The molecule has 5 aromatic rings. The SMILES string of the molecule is CCc1ccc(-c2cn3c4c(=O)n(C)c(=O)n(C)c4nc3n2-c2cc(OC)ccc2OC)cc1. The predicted octanol–water partition coefficient (Wildman–Crippen LogP) is 2.92. The van der Waals surface area contributed by atoms with E-state index in [0.29, 0.717) is 34.1 Å². The van der Waals surface area contributed by atoms with Crippen LogP contribution in [0, 0.1) is 0 Å². The summed E-state index contributed by atoms with van der Waals surface area (Å²) in [6.45, 7) is 2.11. The molecule has 0 spiro atoms. The van der Waals surface area contributed by atoms with Gasteiger partial charge in [-0.15, -0.1) is 0 Å². The van der Waals surface area contributed by atoms with Crippen LogP contribution in [0.2, 0.25) is 0 Å². The maximum Gasteiger partial charge on any atom is 0.332 e. The Morgan fingerprint density at radius 2 is 1.68 bits per heavy atom. The van der Waals surface area contributed by atoms with Crippen LogP contribution in [0.3, 0.4) is 0 Å². The highest BCUT2D eigenvalue weighted by atomic mass is 16.5. The van der Waals surface area contributed by atoms with Crippen molar-refractivity contribution in [3.63, 3.8) is 0 Å². The average Bonchev–Trinajstić information content (AvgIpc) is 3.42. The van der Waals surface area contributed by atoms with E-state index < -0.39 is 11.2 Å². The van der Waals surface area contributed by atoms with E-state index in [9.17, 15) is 9.59 Å². The number of benzene rings is 2. The number of imidazole rings is 2. The average molecular weight is 460 g/mol. The van der Waals surface area contributed by atoms with Gasteiger partial charge in [0.25, 0.3) is 5.56 Å². The molecule has 0 radical (unpaired) electrons. The van der Waals surface area contributed by atoms with Crippen LogP contribution in [0.15, 0.2) is 58.3 Å². The van der Waals surface area contributed by atoms with E-state index >= 15 is 0 Å². The second kappa shape index (κ2) is 7.95. The van der Waals surface area contributed by atoms with Gasteiger partial charge in [0.05, 0.1) is 25.6 Å². The highest BCUT2D eigenvalue weighted by Crippen LogP contribution is 2.35. The van der Waals surface area contributed by atoms with E-state index in [2.05, 4.69) is 19.1 Å². The molecule has 0 atom stereocenters. The second-order valence-corrected chi connectivity index (χ2v) is 8.10. The maximum atomic E-state index is 13.1. The molecule has 34 heavy (non-hydrogen) atoms. The Hall–Kier alpha value is -4.27. The quantitative estimate of drug-likeness (QED) is 0.404. The lowest BCUT2D eigenvalue weighted by atomic mass is 10.1. The fourth-order valence-electron chi connectivity index (χ4n) is 4.29.